The van der Waals surface area contributed by atoms with Crippen molar-refractivity contribution >= 4 is 16.8 Å². The largest absolute Gasteiger partial charge is 0.439 e. The van der Waals surface area contributed by atoms with Gasteiger partial charge in [0, 0.05) is 6.54 Å². The molecule has 2 aromatic rings. The standard InChI is InChI=1S/C14H19N3O2/c1-9(18)10-5-6-17(7-10)8-13-16-14-11(15)3-2-4-12(14)19-13/h2-4,9-10,18H,5-8,15H2,1H3. The summed E-state index contributed by atoms with van der Waals surface area (Å²) in [4.78, 5) is 6.71. The number of nitrogen functional groups attached to an aromatic ring is 1. The summed E-state index contributed by atoms with van der Waals surface area (Å²) in [6.07, 6.45) is 0.782. The third-order valence-electron chi connectivity index (χ3n) is 3.84. The number of benzene rings is 1. The molecular formula is C14H19N3O2. The number of aliphatic hydroxyl groups excluding tert-OH is 1. The molecule has 5 heteroatoms. The van der Waals surface area contributed by atoms with Gasteiger partial charge in [-0.3, -0.25) is 4.90 Å². The minimum absolute atomic E-state index is 0.246. The van der Waals surface area contributed by atoms with Crippen molar-refractivity contribution in [3.63, 3.8) is 0 Å². The molecule has 1 aromatic heterocycles. The Morgan fingerprint density at radius 2 is 2.42 bits per heavy atom. The molecule has 1 aliphatic heterocycles. The second-order valence-corrected chi connectivity index (χ2v) is 5.33. The molecule has 3 rings (SSSR count). The van der Waals surface area contributed by atoms with E-state index in [0.29, 0.717) is 24.0 Å². The maximum atomic E-state index is 9.60. The number of nitrogens with zero attached hydrogens (tertiary/aromatic N) is 2. The summed E-state index contributed by atoms with van der Waals surface area (Å²) < 4.78 is 5.71. The highest BCUT2D eigenvalue weighted by Crippen LogP contribution is 2.24. The minimum atomic E-state index is -0.246. The molecule has 102 valence electrons. The van der Waals surface area contributed by atoms with Crippen LogP contribution in [0.5, 0.6) is 0 Å². The summed E-state index contributed by atoms with van der Waals surface area (Å²) in [6, 6.07) is 5.57. The van der Waals surface area contributed by atoms with E-state index in [4.69, 9.17) is 10.2 Å². The summed E-state index contributed by atoms with van der Waals surface area (Å²) in [6.45, 7) is 4.40. The van der Waals surface area contributed by atoms with Crippen LogP contribution in [0.4, 0.5) is 5.69 Å². The van der Waals surface area contributed by atoms with Gasteiger partial charge in [-0.05, 0) is 37.9 Å². The molecule has 0 amide bonds. The molecule has 2 heterocycles. The number of fused-ring (bicyclic) bond motifs is 1. The highest BCUT2D eigenvalue weighted by Gasteiger charge is 2.26. The summed E-state index contributed by atoms with van der Waals surface area (Å²) in [5, 5.41) is 9.60. The molecular weight excluding hydrogens is 242 g/mol. The number of para-hydroxylation sites is 1. The van der Waals surface area contributed by atoms with E-state index in [0.717, 1.165) is 30.6 Å². The van der Waals surface area contributed by atoms with Gasteiger partial charge in [0.25, 0.3) is 0 Å². The van der Waals surface area contributed by atoms with E-state index >= 15 is 0 Å². The number of likely N-dealkylation sites (tertiary alicyclic amines) is 1. The van der Waals surface area contributed by atoms with Crippen LogP contribution in [0.3, 0.4) is 0 Å². The quantitative estimate of drug-likeness (QED) is 0.821. The Hall–Kier alpha value is -1.59. The summed E-state index contributed by atoms with van der Waals surface area (Å²) in [7, 11) is 0. The van der Waals surface area contributed by atoms with Gasteiger partial charge in [0.05, 0.1) is 18.3 Å². The molecule has 1 fully saturated rings. The highest BCUT2D eigenvalue weighted by atomic mass is 16.3. The molecule has 0 radical (unpaired) electrons. The maximum absolute atomic E-state index is 9.60. The Kier molecular flexibility index (Phi) is 3.16. The van der Waals surface area contributed by atoms with Gasteiger partial charge in [-0.1, -0.05) is 6.07 Å². The molecule has 5 nitrogen and oxygen atoms in total. The molecule has 0 bridgehead atoms. The lowest BCUT2D eigenvalue weighted by Crippen LogP contribution is -2.24. The van der Waals surface area contributed by atoms with Crippen molar-refractivity contribution in [2.75, 3.05) is 18.8 Å². The van der Waals surface area contributed by atoms with Gasteiger partial charge < -0.3 is 15.3 Å². The fourth-order valence-electron chi connectivity index (χ4n) is 2.67. The second-order valence-electron chi connectivity index (χ2n) is 5.33. The number of rotatable bonds is 3. The van der Waals surface area contributed by atoms with Gasteiger partial charge in [0.1, 0.15) is 5.52 Å². The van der Waals surface area contributed by atoms with Gasteiger partial charge in [-0.2, -0.15) is 0 Å². The molecule has 19 heavy (non-hydrogen) atoms. The molecule has 1 saturated heterocycles. The first-order valence-electron chi connectivity index (χ1n) is 6.68. The van der Waals surface area contributed by atoms with Crippen molar-refractivity contribution in [3.8, 4) is 0 Å². The van der Waals surface area contributed by atoms with Crippen LogP contribution in [0.25, 0.3) is 11.1 Å². The number of aromatic nitrogens is 1. The molecule has 3 N–H and O–H groups in total. The molecule has 1 aromatic carbocycles. The van der Waals surface area contributed by atoms with Crippen molar-refractivity contribution in [1.82, 2.24) is 9.88 Å². The van der Waals surface area contributed by atoms with Crippen LogP contribution in [-0.4, -0.2) is 34.2 Å². The zero-order chi connectivity index (χ0) is 13.4. The lowest BCUT2D eigenvalue weighted by molar-refractivity contribution is 0.126. The van der Waals surface area contributed by atoms with E-state index < -0.39 is 0 Å². The molecule has 0 aliphatic carbocycles. The molecule has 0 saturated carbocycles. The number of anilines is 1. The fourth-order valence-corrected chi connectivity index (χ4v) is 2.67. The second kappa shape index (κ2) is 4.83. The van der Waals surface area contributed by atoms with Gasteiger partial charge in [-0.15, -0.1) is 0 Å². The number of aliphatic hydroxyl groups is 1. The van der Waals surface area contributed by atoms with Crippen molar-refractivity contribution < 1.29 is 9.52 Å². The van der Waals surface area contributed by atoms with Crippen LogP contribution in [0.15, 0.2) is 22.6 Å². The van der Waals surface area contributed by atoms with E-state index in [1.165, 1.54) is 0 Å². The topological polar surface area (TPSA) is 75.5 Å². The van der Waals surface area contributed by atoms with Crippen molar-refractivity contribution in [3.05, 3.63) is 24.1 Å². The Labute approximate surface area is 112 Å². The zero-order valence-electron chi connectivity index (χ0n) is 11.0. The fraction of sp³-hybridized carbons (Fsp3) is 0.500. The van der Waals surface area contributed by atoms with Crippen molar-refractivity contribution in [1.29, 1.82) is 0 Å². The number of hydrogen-bond donors (Lipinski definition) is 2. The minimum Gasteiger partial charge on any atom is -0.439 e. The normalized spacial score (nSPS) is 22.1. The molecule has 2 unspecified atom stereocenters. The predicted octanol–water partition coefficient (Wildman–Crippen LogP) is 1.61. The smallest absolute Gasteiger partial charge is 0.209 e. The van der Waals surface area contributed by atoms with Crippen LogP contribution in [0.2, 0.25) is 0 Å². The van der Waals surface area contributed by atoms with E-state index in [-0.39, 0.29) is 6.10 Å². The van der Waals surface area contributed by atoms with Crippen molar-refractivity contribution in [2.24, 2.45) is 5.92 Å². The van der Waals surface area contributed by atoms with Crippen LogP contribution in [0.1, 0.15) is 19.2 Å². The predicted molar refractivity (Wildman–Crippen MR) is 73.5 cm³/mol. The Morgan fingerprint density at radius 3 is 3.11 bits per heavy atom. The summed E-state index contributed by atoms with van der Waals surface area (Å²) in [5.41, 5.74) is 8.00. The van der Waals surface area contributed by atoms with Crippen LogP contribution < -0.4 is 5.73 Å². The van der Waals surface area contributed by atoms with Crippen LogP contribution in [-0.2, 0) is 6.54 Å². The van der Waals surface area contributed by atoms with Gasteiger partial charge in [0.15, 0.2) is 5.58 Å². The van der Waals surface area contributed by atoms with Gasteiger partial charge in [-0.25, -0.2) is 4.98 Å². The number of hydrogen-bond acceptors (Lipinski definition) is 5. The monoisotopic (exact) mass is 261 g/mol. The first kappa shape index (κ1) is 12.4. The molecule has 0 spiro atoms. The Morgan fingerprint density at radius 1 is 1.58 bits per heavy atom. The lowest BCUT2D eigenvalue weighted by atomic mass is 10.0. The summed E-state index contributed by atoms with van der Waals surface area (Å²) >= 11 is 0. The zero-order valence-corrected chi connectivity index (χ0v) is 11.0. The Balaban J connectivity index is 1.74. The molecule has 2 atom stereocenters. The average molecular weight is 261 g/mol. The average Bonchev–Trinajstić information content (AvgIpc) is 2.96. The first-order valence-corrected chi connectivity index (χ1v) is 6.68. The van der Waals surface area contributed by atoms with E-state index in [1.54, 1.807) is 0 Å². The third-order valence-corrected chi connectivity index (χ3v) is 3.84. The summed E-state index contributed by atoms with van der Waals surface area (Å²) in [5.74, 6) is 1.05. The van der Waals surface area contributed by atoms with E-state index in [2.05, 4.69) is 9.88 Å². The maximum Gasteiger partial charge on any atom is 0.209 e. The van der Waals surface area contributed by atoms with E-state index in [9.17, 15) is 5.11 Å². The van der Waals surface area contributed by atoms with Crippen LogP contribution in [0, 0.1) is 5.92 Å². The first-order chi connectivity index (χ1) is 9.13. The van der Waals surface area contributed by atoms with Crippen molar-refractivity contribution in [2.45, 2.75) is 26.0 Å². The van der Waals surface area contributed by atoms with Gasteiger partial charge in [0.2, 0.25) is 5.89 Å². The lowest BCUT2D eigenvalue weighted by Gasteiger charge is -2.15. The highest BCUT2D eigenvalue weighted by molar-refractivity contribution is 5.85. The Bertz CT molecular complexity index is 579. The number of nitrogens with two attached hydrogens (primary N) is 1. The van der Waals surface area contributed by atoms with Gasteiger partial charge >= 0.3 is 0 Å². The third kappa shape index (κ3) is 2.43. The molecule has 1 aliphatic rings. The SMILES string of the molecule is CC(O)C1CCN(Cc2nc3c(N)cccc3o2)C1. The number of oxazole rings is 1. The van der Waals surface area contributed by atoms with E-state index in [1.807, 2.05) is 25.1 Å². The van der Waals surface area contributed by atoms with Crippen LogP contribution >= 0.6 is 0 Å².